The molecule has 0 aliphatic heterocycles. The van der Waals surface area contributed by atoms with E-state index in [0.29, 0.717) is 22.6 Å². The predicted molar refractivity (Wildman–Crippen MR) is 61.9 cm³/mol. The zero-order chi connectivity index (χ0) is 13.3. The number of methoxy groups -OCH3 is 1. The van der Waals surface area contributed by atoms with Crippen LogP contribution in [0, 0.1) is 6.92 Å². The van der Waals surface area contributed by atoms with Gasteiger partial charge < -0.3 is 19.5 Å². The third-order valence-electron chi connectivity index (χ3n) is 2.51. The summed E-state index contributed by atoms with van der Waals surface area (Å²) in [5.74, 6) is -0.919. The molecule has 0 atom stereocenters. The van der Waals surface area contributed by atoms with Crippen molar-refractivity contribution in [1.29, 1.82) is 0 Å². The molecule has 0 saturated heterocycles. The number of ether oxygens (including phenoxy) is 1. The van der Waals surface area contributed by atoms with Crippen LogP contribution >= 0.6 is 0 Å². The molecule has 0 amide bonds. The molecule has 0 unspecified atom stereocenters. The highest BCUT2D eigenvalue weighted by atomic mass is 16.5. The highest BCUT2D eigenvalue weighted by Crippen LogP contribution is 2.34. The van der Waals surface area contributed by atoms with Crippen molar-refractivity contribution >= 4 is 5.97 Å². The van der Waals surface area contributed by atoms with Gasteiger partial charge in [0.15, 0.2) is 0 Å². The first kappa shape index (κ1) is 12.0. The van der Waals surface area contributed by atoms with Gasteiger partial charge in [-0.05, 0) is 24.6 Å². The maximum Gasteiger partial charge on any atom is 0.374 e. The Kier molecular flexibility index (Phi) is 2.93. The minimum Gasteiger partial charge on any atom is -0.508 e. The lowest BCUT2D eigenvalue weighted by atomic mass is 10.1. The SMILES string of the molecule is COc1cc(C)c(O)cc1-c1cc(C(=O)O)on1. The lowest BCUT2D eigenvalue weighted by molar-refractivity contribution is 0.0652. The number of benzene rings is 1. The van der Waals surface area contributed by atoms with Crippen molar-refractivity contribution in [1.82, 2.24) is 5.16 Å². The van der Waals surface area contributed by atoms with Gasteiger partial charge in [-0.25, -0.2) is 4.79 Å². The number of carboxylic acids is 1. The summed E-state index contributed by atoms with van der Waals surface area (Å²) in [6.45, 7) is 1.73. The van der Waals surface area contributed by atoms with Crippen LogP contribution in [-0.2, 0) is 0 Å². The quantitative estimate of drug-likeness (QED) is 0.864. The third kappa shape index (κ3) is 2.00. The highest BCUT2D eigenvalue weighted by Gasteiger charge is 2.16. The lowest BCUT2D eigenvalue weighted by Crippen LogP contribution is -1.92. The summed E-state index contributed by atoms with van der Waals surface area (Å²) in [7, 11) is 1.48. The number of nitrogens with zero attached hydrogens (tertiary/aromatic N) is 1. The number of aromatic carboxylic acids is 1. The van der Waals surface area contributed by atoms with Crippen molar-refractivity contribution in [2.45, 2.75) is 6.92 Å². The van der Waals surface area contributed by atoms with Crippen molar-refractivity contribution in [3.8, 4) is 22.8 Å². The number of aromatic nitrogens is 1. The van der Waals surface area contributed by atoms with Crippen LogP contribution in [0.1, 0.15) is 16.1 Å². The van der Waals surface area contributed by atoms with Gasteiger partial charge in [0.05, 0.1) is 7.11 Å². The summed E-state index contributed by atoms with van der Waals surface area (Å²) < 4.78 is 9.83. The van der Waals surface area contributed by atoms with Gasteiger partial charge in [0.25, 0.3) is 0 Å². The van der Waals surface area contributed by atoms with E-state index < -0.39 is 5.97 Å². The number of hydrogen-bond donors (Lipinski definition) is 2. The van der Waals surface area contributed by atoms with Crippen LogP contribution in [0.2, 0.25) is 0 Å². The lowest BCUT2D eigenvalue weighted by Gasteiger charge is -2.08. The van der Waals surface area contributed by atoms with Crippen LogP contribution < -0.4 is 4.74 Å². The molecular formula is C12H11NO5. The molecule has 2 N–H and O–H groups in total. The highest BCUT2D eigenvalue weighted by molar-refractivity contribution is 5.86. The Morgan fingerprint density at radius 3 is 2.67 bits per heavy atom. The first-order valence-electron chi connectivity index (χ1n) is 5.11. The Bertz CT molecular complexity index is 603. The monoisotopic (exact) mass is 249 g/mol. The molecule has 2 aromatic rings. The Balaban J connectivity index is 2.55. The maximum atomic E-state index is 10.7. The van der Waals surface area contributed by atoms with Crippen molar-refractivity contribution in [2.24, 2.45) is 0 Å². The van der Waals surface area contributed by atoms with Gasteiger partial charge in [-0.15, -0.1) is 0 Å². The van der Waals surface area contributed by atoms with E-state index in [1.54, 1.807) is 13.0 Å². The molecule has 2 rings (SSSR count). The minimum atomic E-state index is -1.20. The molecule has 6 nitrogen and oxygen atoms in total. The number of phenolic OH excluding ortho intramolecular Hbond substituents is 1. The smallest absolute Gasteiger partial charge is 0.374 e. The Hall–Kier alpha value is -2.50. The zero-order valence-corrected chi connectivity index (χ0v) is 9.80. The topological polar surface area (TPSA) is 92.8 Å². The van der Waals surface area contributed by atoms with Gasteiger partial charge in [-0.3, -0.25) is 0 Å². The van der Waals surface area contributed by atoms with E-state index in [1.807, 2.05) is 0 Å². The summed E-state index contributed by atoms with van der Waals surface area (Å²) >= 11 is 0. The second kappa shape index (κ2) is 4.40. The van der Waals surface area contributed by atoms with Crippen LogP contribution in [-0.4, -0.2) is 28.4 Å². The molecule has 0 aliphatic rings. The summed E-state index contributed by atoms with van der Waals surface area (Å²) in [6, 6.07) is 4.37. The van der Waals surface area contributed by atoms with Crippen molar-refractivity contribution < 1.29 is 24.3 Å². The first-order chi connectivity index (χ1) is 8.52. The molecule has 0 bridgehead atoms. The summed E-state index contributed by atoms with van der Waals surface area (Å²) in [4.78, 5) is 10.7. The Morgan fingerprint density at radius 2 is 2.11 bits per heavy atom. The van der Waals surface area contributed by atoms with Gasteiger partial charge in [-0.1, -0.05) is 5.16 Å². The summed E-state index contributed by atoms with van der Waals surface area (Å²) in [6.07, 6.45) is 0. The van der Waals surface area contributed by atoms with Gasteiger partial charge in [0, 0.05) is 11.6 Å². The molecule has 1 heterocycles. The number of carbonyl (C=O) groups is 1. The van der Waals surface area contributed by atoms with E-state index in [0.717, 1.165) is 0 Å². The molecule has 1 aromatic carbocycles. The largest absolute Gasteiger partial charge is 0.508 e. The molecule has 0 saturated carbocycles. The second-order valence-corrected chi connectivity index (χ2v) is 3.72. The van der Waals surface area contributed by atoms with Crippen molar-refractivity contribution in [3.05, 3.63) is 29.5 Å². The zero-order valence-electron chi connectivity index (χ0n) is 9.80. The third-order valence-corrected chi connectivity index (χ3v) is 2.51. The molecule has 0 aliphatic carbocycles. The first-order valence-corrected chi connectivity index (χ1v) is 5.11. The molecule has 18 heavy (non-hydrogen) atoms. The van der Waals surface area contributed by atoms with Gasteiger partial charge in [0.1, 0.15) is 17.2 Å². The number of aryl methyl sites for hydroxylation is 1. The van der Waals surface area contributed by atoms with Crippen molar-refractivity contribution in [2.75, 3.05) is 7.11 Å². The van der Waals surface area contributed by atoms with Gasteiger partial charge in [0.2, 0.25) is 5.76 Å². The number of aromatic hydroxyl groups is 1. The number of rotatable bonds is 3. The van der Waals surface area contributed by atoms with Crippen LogP contribution in [0.3, 0.4) is 0 Å². The molecular weight excluding hydrogens is 238 g/mol. The molecule has 94 valence electrons. The van der Waals surface area contributed by atoms with Gasteiger partial charge in [-0.2, -0.15) is 0 Å². The van der Waals surface area contributed by atoms with E-state index in [4.69, 9.17) is 9.84 Å². The predicted octanol–water partition coefficient (Wildman–Crippen LogP) is 2.06. The number of hydrogen-bond acceptors (Lipinski definition) is 5. The van der Waals surface area contributed by atoms with Crippen LogP contribution in [0.5, 0.6) is 11.5 Å². The van der Waals surface area contributed by atoms with E-state index in [2.05, 4.69) is 9.68 Å². The van der Waals surface area contributed by atoms with Crippen molar-refractivity contribution in [3.63, 3.8) is 0 Å². The molecule has 0 fully saturated rings. The maximum absolute atomic E-state index is 10.7. The molecule has 6 heteroatoms. The van der Waals surface area contributed by atoms with Crippen LogP contribution in [0.15, 0.2) is 22.7 Å². The van der Waals surface area contributed by atoms with E-state index >= 15 is 0 Å². The number of phenols is 1. The van der Waals surface area contributed by atoms with Gasteiger partial charge >= 0.3 is 5.97 Å². The van der Waals surface area contributed by atoms with Crippen LogP contribution in [0.4, 0.5) is 0 Å². The summed E-state index contributed by atoms with van der Waals surface area (Å²) in [5.41, 5.74) is 1.41. The second-order valence-electron chi connectivity index (χ2n) is 3.72. The molecule has 1 aromatic heterocycles. The van der Waals surface area contributed by atoms with E-state index in [9.17, 15) is 9.90 Å². The Morgan fingerprint density at radius 1 is 1.39 bits per heavy atom. The van der Waals surface area contributed by atoms with E-state index in [1.165, 1.54) is 19.2 Å². The van der Waals surface area contributed by atoms with Crippen LogP contribution in [0.25, 0.3) is 11.3 Å². The normalized spacial score (nSPS) is 10.3. The fourth-order valence-corrected chi connectivity index (χ4v) is 1.54. The Labute approximate surface area is 102 Å². The molecule has 0 radical (unpaired) electrons. The van der Waals surface area contributed by atoms with E-state index in [-0.39, 0.29) is 11.5 Å². The number of carboxylic acid groups (broad SMARTS) is 1. The fraction of sp³-hybridized carbons (Fsp3) is 0.167. The molecule has 0 spiro atoms. The average Bonchev–Trinajstić information content (AvgIpc) is 2.81. The minimum absolute atomic E-state index is 0.0747. The standard InChI is InChI=1S/C12H11NO5/c1-6-3-10(17-2)7(4-9(6)14)8-5-11(12(15)16)18-13-8/h3-5,14H,1-2H3,(H,15,16). The summed E-state index contributed by atoms with van der Waals surface area (Å²) in [5, 5.41) is 22.1. The fourth-order valence-electron chi connectivity index (χ4n) is 1.54. The average molecular weight is 249 g/mol.